The van der Waals surface area contributed by atoms with Crippen LogP contribution in [-0.4, -0.2) is 19.7 Å². The van der Waals surface area contributed by atoms with Crippen molar-refractivity contribution in [3.05, 3.63) is 29.7 Å². The van der Waals surface area contributed by atoms with Gasteiger partial charge in [0.05, 0.1) is 0 Å². The molecule has 1 aliphatic rings. The molecule has 3 rings (SSSR count). The smallest absolute Gasteiger partial charge is 0.178 e. The molecule has 2 N–H and O–H groups in total. The van der Waals surface area contributed by atoms with Gasteiger partial charge in [0, 0.05) is 36.2 Å². The Morgan fingerprint density at radius 1 is 1.50 bits per heavy atom. The molecule has 18 heavy (non-hydrogen) atoms. The van der Waals surface area contributed by atoms with Crippen molar-refractivity contribution in [1.29, 1.82) is 0 Å². The van der Waals surface area contributed by atoms with Crippen molar-refractivity contribution in [3.8, 4) is 11.5 Å². The van der Waals surface area contributed by atoms with E-state index in [-0.39, 0.29) is 6.04 Å². The third kappa shape index (κ3) is 1.80. The van der Waals surface area contributed by atoms with Crippen LogP contribution in [0.2, 0.25) is 0 Å². The van der Waals surface area contributed by atoms with Gasteiger partial charge in [-0.15, -0.1) is 0 Å². The molecule has 5 nitrogen and oxygen atoms in total. The average molecular weight is 243 g/mol. The second-order valence-electron chi connectivity index (χ2n) is 4.63. The zero-order valence-corrected chi connectivity index (χ0v) is 10.5. The highest BCUT2D eigenvalue weighted by molar-refractivity contribution is 5.49. The van der Waals surface area contributed by atoms with Crippen LogP contribution in [0.1, 0.15) is 37.1 Å². The lowest BCUT2D eigenvalue weighted by molar-refractivity contribution is 0.556. The van der Waals surface area contributed by atoms with Crippen LogP contribution in [0.4, 0.5) is 0 Å². The standard InChI is InChI=1S/C13H17N5/c1-2-18-12(6-7-16-18)13-15-8-9-10(14)4-3-5-11(9)17-13/h6-8,10H,2-5,14H2,1H3. The fraction of sp³-hybridized carbons (Fsp3) is 0.462. The van der Waals surface area contributed by atoms with Gasteiger partial charge in [0.1, 0.15) is 5.69 Å². The number of fused-ring (bicyclic) bond motifs is 1. The van der Waals surface area contributed by atoms with Crippen molar-refractivity contribution >= 4 is 0 Å². The molecule has 2 aromatic rings. The highest BCUT2D eigenvalue weighted by Crippen LogP contribution is 2.27. The number of hydrogen-bond acceptors (Lipinski definition) is 4. The molecule has 0 aliphatic heterocycles. The normalized spacial score (nSPS) is 18.7. The summed E-state index contributed by atoms with van der Waals surface area (Å²) in [6.45, 7) is 2.88. The summed E-state index contributed by atoms with van der Waals surface area (Å²) in [6, 6.07) is 2.05. The van der Waals surface area contributed by atoms with Gasteiger partial charge in [0.15, 0.2) is 5.82 Å². The van der Waals surface area contributed by atoms with Crippen molar-refractivity contribution in [2.45, 2.75) is 38.8 Å². The van der Waals surface area contributed by atoms with E-state index in [9.17, 15) is 0 Å². The third-order valence-corrected chi connectivity index (χ3v) is 3.47. The zero-order valence-electron chi connectivity index (χ0n) is 10.5. The number of hydrogen-bond donors (Lipinski definition) is 1. The van der Waals surface area contributed by atoms with Crippen LogP contribution >= 0.6 is 0 Å². The molecule has 0 aromatic carbocycles. The maximum Gasteiger partial charge on any atom is 0.178 e. The van der Waals surface area contributed by atoms with Gasteiger partial charge in [0.2, 0.25) is 0 Å². The molecular weight excluding hydrogens is 226 g/mol. The van der Waals surface area contributed by atoms with E-state index in [4.69, 9.17) is 5.73 Å². The number of nitrogens with two attached hydrogens (primary N) is 1. The van der Waals surface area contributed by atoms with Crippen molar-refractivity contribution in [2.75, 3.05) is 0 Å². The van der Waals surface area contributed by atoms with E-state index in [0.29, 0.717) is 0 Å². The molecule has 5 heteroatoms. The summed E-state index contributed by atoms with van der Waals surface area (Å²) >= 11 is 0. The summed E-state index contributed by atoms with van der Waals surface area (Å²) in [5.74, 6) is 0.752. The largest absolute Gasteiger partial charge is 0.324 e. The highest BCUT2D eigenvalue weighted by Gasteiger charge is 2.19. The van der Waals surface area contributed by atoms with E-state index in [2.05, 4.69) is 22.0 Å². The number of aryl methyl sites for hydroxylation is 2. The van der Waals surface area contributed by atoms with Gasteiger partial charge in [0.25, 0.3) is 0 Å². The van der Waals surface area contributed by atoms with Gasteiger partial charge in [-0.1, -0.05) is 0 Å². The van der Waals surface area contributed by atoms with Crippen LogP contribution < -0.4 is 5.73 Å². The highest BCUT2D eigenvalue weighted by atomic mass is 15.3. The van der Waals surface area contributed by atoms with Crippen LogP contribution in [0.15, 0.2) is 18.5 Å². The Labute approximate surface area is 106 Å². The SMILES string of the molecule is CCn1nccc1-c1ncc2c(n1)CCCC2N. The van der Waals surface area contributed by atoms with E-state index >= 15 is 0 Å². The molecule has 0 spiro atoms. The first-order valence-electron chi connectivity index (χ1n) is 6.43. The summed E-state index contributed by atoms with van der Waals surface area (Å²) in [4.78, 5) is 9.10. The molecule has 0 fully saturated rings. The first-order valence-corrected chi connectivity index (χ1v) is 6.43. The van der Waals surface area contributed by atoms with Gasteiger partial charge < -0.3 is 5.73 Å². The van der Waals surface area contributed by atoms with Gasteiger partial charge in [-0.25, -0.2) is 9.97 Å². The molecule has 1 unspecified atom stereocenters. The maximum absolute atomic E-state index is 6.07. The monoisotopic (exact) mass is 243 g/mol. The fourth-order valence-electron chi connectivity index (χ4n) is 2.48. The quantitative estimate of drug-likeness (QED) is 0.871. The Morgan fingerprint density at radius 3 is 3.22 bits per heavy atom. The first-order chi connectivity index (χ1) is 8.79. The van der Waals surface area contributed by atoms with E-state index < -0.39 is 0 Å². The average Bonchev–Trinajstić information content (AvgIpc) is 2.87. The topological polar surface area (TPSA) is 69.6 Å². The van der Waals surface area contributed by atoms with Gasteiger partial charge >= 0.3 is 0 Å². The van der Waals surface area contributed by atoms with E-state index in [1.807, 2.05) is 16.9 Å². The number of nitrogens with zero attached hydrogens (tertiary/aromatic N) is 4. The van der Waals surface area contributed by atoms with Crippen LogP contribution in [0, 0.1) is 0 Å². The summed E-state index contributed by atoms with van der Waals surface area (Å²) < 4.78 is 1.91. The van der Waals surface area contributed by atoms with E-state index in [0.717, 1.165) is 48.6 Å². The molecule has 0 bridgehead atoms. The number of aromatic nitrogens is 4. The summed E-state index contributed by atoms with van der Waals surface area (Å²) in [5, 5.41) is 4.25. The minimum Gasteiger partial charge on any atom is -0.324 e. The zero-order chi connectivity index (χ0) is 12.5. The molecule has 0 radical (unpaired) electrons. The molecule has 1 atom stereocenters. The third-order valence-electron chi connectivity index (χ3n) is 3.47. The second-order valence-corrected chi connectivity index (χ2v) is 4.63. The molecular formula is C13H17N5. The first kappa shape index (κ1) is 11.3. The summed E-state index contributed by atoms with van der Waals surface area (Å²) in [5.41, 5.74) is 9.25. The van der Waals surface area contributed by atoms with Gasteiger partial charge in [-0.3, -0.25) is 4.68 Å². The van der Waals surface area contributed by atoms with Crippen LogP contribution in [-0.2, 0) is 13.0 Å². The minimum atomic E-state index is 0.0962. The van der Waals surface area contributed by atoms with Gasteiger partial charge in [-0.05, 0) is 32.3 Å². The predicted octanol–water partition coefficient (Wildman–Crippen LogP) is 1.70. The summed E-state index contributed by atoms with van der Waals surface area (Å²) in [6.07, 6.45) is 6.81. The fourth-order valence-corrected chi connectivity index (χ4v) is 2.48. The van der Waals surface area contributed by atoms with Crippen molar-refractivity contribution in [2.24, 2.45) is 5.73 Å². The van der Waals surface area contributed by atoms with E-state index in [1.165, 1.54) is 0 Å². The van der Waals surface area contributed by atoms with Crippen LogP contribution in [0.5, 0.6) is 0 Å². The van der Waals surface area contributed by atoms with Crippen LogP contribution in [0.25, 0.3) is 11.5 Å². The maximum atomic E-state index is 6.07. The molecule has 0 saturated heterocycles. The molecule has 2 aromatic heterocycles. The molecule has 2 heterocycles. The molecule has 0 amide bonds. The van der Waals surface area contributed by atoms with Crippen LogP contribution in [0.3, 0.4) is 0 Å². The minimum absolute atomic E-state index is 0.0962. The number of rotatable bonds is 2. The van der Waals surface area contributed by atoms with Crippen molar-refractivity contribution in [1.82, 2.24) is 19.7 Å². The molecule has 0 saturated carbocycles. The molecule has 94 valence electrons. The van der Waals surface area contributed by atoms with E-state index in [1.54, 1.807) is 6.20 Å². The lowest BCUT2D eigenvalue weighted by Gasteiger charge is -2.21. The van der Waals surface area contributed by atoms with Crippen molar-refractivity contribution in [3.63, 3.8) is 0 Å². The Hall–Kier alpha value is -1.75. The Balaban J connectivity index is 2.04. The summed E-state index contributed by atoms with van der Waals surface area (Å²) in [7, 11) is 0. The van der Waals surface area contributed by atoms with Crippen molar-refractivity contribution < 1.29 is 0 Å². The van der Waals surface area contributed by atoms with Gasteiger partial charge in [-0.2, -0.15) is 5.10 Å². The second kappa shape index (κ2) is 4.49. The lowest BCUT2D eigenvalue weighted by atomic mass is 9.93. The Kier molecular flexibility index (Phi) is 2.83. The Morgan fingerprint density at radius 2 is 2.39 bits per heavy atom. The Bertz CT molecular complexity index is 560. The predicted molar refractivity (Wildman–Crippen MR) is 68.8 cm³/mol. The lowest BCUT2D eigenvalue weighted by Crippen LogP contribution is -2.19. The molecule has 1 aliphatic carbocycles.